The second kappa shape index (κ2) is 9.46. The van der Waals surface area contributed by atoms with Gasteiger partial charge in [-0.1, -0.05) is 11.6 Å². The highest BCUT2D eigenvalue weighted by Crippen LogP contribution is 2.46. The number of carbonyl (C=O) groups is 2. The lowest BCUT2D eigenvalue weighted by Crippen LogP contribution is -2.48. The summed E-state index contributed by atoms with van der Waals surface area (Å²) in [6, 6.07) is 7.96. The number of ether oxygens (including phenoxy) is 1. The van der Waals surface area contributed by atoms with Crippen molar-refractivity contribution in [3.05, 3.63) is 69.9 Å². The average Bonchev–Trinajstić information content (AvgIpc) is 3.78. The van der Waals surface area contributed by atoms with Crippen molar-refractivity contribution in [3.8, 4) is 5.75 Å². The van der Waals surface area contributed by atoms with Crippen LogP contribution in [0.1, 0.15) is 53.8 Å². The van der Waals surface area contributed by atoms with Crippen molar-refractivity contribution >= 4 is 40.7 Å². The minimum atomic E-state index is -0.527. The number of hydrogen-bond donors (Lipinski definition) is 2. The van der Waals surface area contributed by atoms with Crippen LogP contribution in [0.2, 0.25) is 5.02 Å². The molecule has 0 spiro atoms. The molecular formula is C28H26ClFN6O3. The fourth-order valence-electron chi connectivity index (χ4n) is 5.57. The summed E-state index contributed by atoms with van der Waals surface area (Å²) in [4.78, 5) is 38.3. The number of nitrogens with zero attached hydrogens (tertiary/aromatic N) is 4. The monoisotopic (exact) mass is 548 g/mol. The molecule has 0 bridgehead atoms. The van der Waals surface area contributed by atoms with Crippen LogP contribution in [-0.2, 0) is 17.8 Å². The topological polar surface area (TPSA) is 99.7 Å². The maximum absolute atomic E-state index is 14.4. The lowest BCUT2D eigenvalue weighted by atomic mass is 9.98. The molecule has 1 saturated heterocycles. The van der Waals surface area contributed by atoms with E-state index in [9.17, 15) is 14.0 Å². The zero-order valence-electron chi connectivity index (χ0n) is 21.0. The van der Waals surface area contributed by atoms with Crippen LogP contribution in [0.25, 0.3) is 0 Å². The first-order valence-corrected chi connectivity index (χ1v) is 13.6. The van der Waals surface area contributed by atoms with Crippen molar-refractivity contribution in [1.29, 1.82) is 0 Å². The van der Waals surface area contributed by atoms with Crippen LogP contribution in [0.5, 0.6) is 5.75 Å². The third-order valence-corrected chi connectivity index (χ3v) is 8.04. The molecule has 2 fully saturated rings. The third-order valence-electron chi connectivity index (χ3n) is 7.73. The van der Waals surface area contributed by atoms with E-state index >= 15 is 0 Å². The molecular weight excluding hydrogens is 523 g/mol. The Balaban J connectivity index is 1.22. The van der Waals surface area contributed by atoms with Gasteiger partial charge in [-0.2, -0.15) is 0 Å². The molecule has 3 aliphatic heterocycles. The van der Waals surface area contributed by atoms with Gasteiger partial charge < -0.3 is 15.4 Å². The summed E-state index contributed by atoms with van der Waals surface area (Å²) in [6.07, 6.45) is 4.28. The minimum Gasteiger partial charge on any atom is -0.484 e. The predicted octanol–water partition coefficient (Wildman–Crippen LogP) is 4.70. The van der Waals surface area contributed by atoms with E-state index in [0.717, 1.165) is 29.7 Å². The molecule has 1 unspecified atom stereocenters. The number of anilines is 3. The van der Waals surface area contributed by atoms with Gasteiger partial charge in [0.05, 0.1) is 35.2 Å². The van der Waals surface area contributed by atoms with Crippen molar-refractivity contribution < 1.29 is 18.7 Å². The zero-order chi connectivity index (χ0) is 26.7. The van der Waals surface area contributed by atoms with Crippen LogP contribution in [0.4, 0.5) is 26.4 Å². The van der Waals surface area contributed by atoms with Crippen molar-refractivity contribution in [1.82, 2.24) is 15.3 Å². The average molecular weight is 549 g/mol. The summed E-state index contributed by atoms with van der Waals surface area (Å²) in [5.41, 5.74) is 4.18. The molecule has 3 aromatic rings. The molecule has 5 heterocycles. The number of benzene rings is 1. The molecule has 1 aromatic carbocycles. The number of piperazine rings is 1. The maximum Gasteiger partial charge on any atom is 0.326 e. The third kappa shape index (κ3) is 4.37. The minimum absolute atomic E-state index is 0.0380. The number of amides is 3. The van der Waals surface area contributed by atoms with Gasteiger partial charge in [-0.3, -0.25) is 19.6 Å². The summed E-state index contributed by atoms with van der Waals surface area (Å²) >= 11 is 6.71. The molecule has 39 heavy (non-hydrogen) atoms. The van der Waals surface area contributed by atoms with Crippen LogP contribution in [0.3, 0.4) is 0 Å². The van der Waals surface area contributed by atoms with Crippen LogP contribution in [-0.4, -0.2) is 41.5 Å². The standard InChI is InChI=1S/C28H26ClFN6O3/c29-18-10-16-5-6-22(27-19(30)2-1-7-32-27)39-23(16)12-21(18)36-14-17-20(33-28(36)38)11-24(34-26(17)15-3-4-15)35-9-8-31-13-25(35)37/h1-2,7,10-12,15,22,31H,3-6,8-9,13-14H2,(H,33,38). The molecule has 2 aromatic heterocycles. The molecule has 9 nitrogen and oxygen atoms in total. The predicted molar refractivity (Wildman–Crippen MR) is 144 cm³/mol. The van der Waals surface area contributed by atoms with E-state index in [1.165, 1.54) is 6.07 Å². The van der Waals surface area contributed by atoms with E-state index in [2.05, 4.69) is 15.6 Å². The number of hydrogen-bond acceptors (Lipinski definition) is 6. The van der Waals surface area contributed by atoms with Crippen molar-refractivity contribution in [3.63, 3.8) is 0 Å². The van der Waals surface area contributed by atoms with Gasteiger partial charge in [-0.05, 0) is 49.4 Å². The number of carbonyl (C=O) groups excluding carboxylic acids is 2. The lowest BCUT2D eigenvalue weighted by Gasteiger charge is -2.34. The molecule has 1 aliphatic carbocycles. The largest absolute Gasteiger partial charge is 0.484 e. The number of halogens is 2. The Morgan fingerprint density at radius 2 is 1.97 bits per heavy atom. The number of aryl methyl sites for hydroxylation is 1. The highest BCUT2D eigenvalue weighted by Gasteiger charge is 2.36. The Morgan fingerprint density at radius 1 is 1.10 bits per heavy atom. The quantitative estimate of drug-likeness (QED) is 0.490. The molecule has 11 heteroatoms. The van der Waals surface area contributed by atoms with Crippen molar-refractivity contribution in [2.24, 2.45) is 0 Å². The van der Waals surface area contributed by atoms with Gasteiger partial charge in [-0.15, -0.1) is 0 Å². The number of rotatable bonds is 4. The second-order valence-electron chi connectivity index (χ2n) is 10.3. The first-order chi connectivity index (χ1) is 19.0. The summed E-state index contributed by atoms with van der Waals surface area (Å²) in [6.45, 7) is 1.77. The fraction of sp³-hybridized carbons (Fsp3) is 0.357. The SMILES string of the molecule is O=C1CNCCN1c1cc2c(c(C3CC3)n1)CN(c1cc3c(cc1Cl)CCC(c1ncccc1F)O3)C(=O)N2. The van der Waals surface area contributed by atoms with Crippen LogP contribution in [0, 0.1) is 5.82 Å². The molecule has 200 valence electrons. The van der Waals surface area contributed by atoms with Gasteiger partial charge in [0.2, 0.25) is 5.91 Å². The Bertz CT molecular complexity index is 1510. The highest BCUT2D eigenvalue weighted by molar-refractivity contribution is 6.34. The zero-order valence-corrected chi connectivity index (χ0v) is 21.8. The summed E-state index contributed by atoms with van der Waals surface area (Å²) < 4.78 is 20.6. The number of pyridine rings is 2. The number of aromatic nitrogens is 2. The van der Waals surface area contributed by atoms with Gasteiger partial charge in [0, 0.05) is 42.9 Å². The second-order valence-corrected chi connectivity index (χ2v) is 10.7. The fourth-order valence-corrected chi connectivity index (χ4v) is 5.85. The first-order valence-electron chi connectivity index (χ1n) is 13.2. The van der Waals surface area contributed by atoms with Gasteiger partial charge in [-0.25, -0.2) is 14.2 Å². The number of nitrogens with one attached hydrogen (secondary N) is 2. The Kier molecular flexibility index (Phi) is 5.89. The normalized spacial score (nSPS) is 20.7. The van der Waals surface area contributed by atoms with E-state index in [0.29, 0.717) is 59.8 Å². The van der Waals surface area contributed by atoms with Gasteiger partial charge in [0.1, 0.15) is 29.2 Å². The van der Waals surface area contributed by atoms with Crippen molar-refractivity contribution in [2.45, 2.75) is 44.2 Å². The van der Waals surface area contributed by atoms with Crippen molar-refractivity contribution in [2.75, 3.05) is 34.8 Å². The van der Waals surface area contributed by atoms with Gasteiger partial charge in [0.25, 0.3) is 0 Å². The van der Waals surface area contributed by atoms with E-state index in [1.807, 2.05) is 6.07 Å². The highest BCUT2D eigenvalue weighted by atomic mass is 35.5. The number of fused-ring (bicyclic) bond motifs is 2. The molecule has 2 N–H and O–H groups in total. The molecule has 4 aliphatic rings. The lowest BCUT2D eigenvalue weighted by molar-refractivity contribution is -0.118. The van der Waals surface area contributed by atoms with E-state index in [4.69, 9.17) is 21.3 Å². The number of urea groups is 1. The Hall–Kier alpha value is -3.76. The summed E-state index contributed by atoms with van der Waals surface area (Å²) in [5, 5.41) is 6.52. The Labute approximate surface area is 229 Å². The molecule has 7 rings (SSSR count). The van der Waals surface area contributed by atoms with Gasteiger partial charge in [0.15, 0.2) is 0 Å². The summed E-state index contributed by atoms with van der Waals surface area (Å²) in [5.74, 6) is 0.981. The summed E-state index contributed by atoms with van der Waals surface area (Å²) in [7, 11) is 0. The Morgan fingerprint density at radius 3 is 2.77 bits per heavy atom. The first kappa shape index (κ1) is 24.3. The van der Waals surface area contributed by atoms with Crippen LogP contribution < -0.4 is 25.2 Å². The smallest absolute Gasteiger partial charge is 0.326 e. The molecule has 0 radical (unpaired) electrons. The molecule has 1 saturated carbocycles. The van der Waals surface area contributed by atoms with Crippen LogP contribution >= 0.6 is 11.6 Å². The van der Waals surface area contributed by atoms with E-state index in [1.54, 1.807) is 34.2 Å². The molecule has 1 atom stereocenters. The van der Waals surface area contributed by atoms with E-state index < -0.39 is 11.9 Å². The molecule has 3 amide bonds. The van der Waals surface area contributed by atoms with E-state index in [-0.39, 0.29) is 30.7 Å². The van der Waals surface area contributed by atoms with Crippen LogP contribution in [0.15, 0.2) is 36.5 Å². The maximum atomic E-state index is 14.4. The van der Waals surface area contributed by atoms with Gasteiger partial charge >= 0.3 is 6.03 Å².